The molecule has 0 saturated carbocycles. The summed E-state index contributed by atoms with van der Waals surface area (Å²) in [5.74, 6) is 1.64. The molecule has 0 atom stereocenters. The van der Waals surface area contributed by atoms with Gasteiger partial charge in [-0.15, -0.1) is 0 Å². The molecule has 1 aliphatic rings. The van der Waals surface area contributed by atoms with Crippen LogP contribution in [0.25, 0.3) is 0 Å². The van der Waals surface area contributed by atoms with Crippen LogP contribution in [-0.2, 0) is 6.54 Å². The molecule has 0 radical (unpaired) electrons. The zero-order valence-corrected chi connectivity index (χ0v) is 17.5. The number of ether oxygens (including phenoxy) is 1. The average Bonchev–Trinajstić information content (AvgIpc) is 3.00. The van der Waals surface area contributed by atoms with E-state index >= 15 is 0 Å². The lowest BCUT2D eigenvalue weighted by Gasteiger charge is -2.23. The van der Waals surface area contributed by atoms with Gasteiger partial charge in [0.25, 0.3) is 0 Å². The van der Waals surface area contributed by atoms with Crippen LogP contribution in [0.5, 0.6) is 5.75 Å². The summed E-state index contributed by atoms with van der Waals surface area (Å²) in [6.07, 6.45) is 0.990. The summed E-state index contributed by atoms with van der Waals surface area (Å²) in [5.41, 5.74) is 7.73. The third-order valence-corrected chi connectivity index (χ3v) is 5.20. The first-order chi connectivity index (χ1) is 15.1. The largest absolute Gasteiger partial charge is 0.495 e. The molecule has 1 aliphatic heterocycles. The third kappa shape index (κ3) is 5.37. The second kappa shape index (κ2) is 9.57. The number of rotatable bonds is 6. The maximum Gasteiger partial charge on any atom is 0.232 e. The van der Waals surface area contributed by atoms with Gasteiger partial charge in [0.1, 0.15) is 17.4 Å². The molecule has 0 bridgehead atoms. The standard InChI is InChI=1S/C22H26FN7O/c1-31-19-6-3-2-5-18(19)25-22-27-20(26-21(24)28-22)15-29-11-4-12-30(14-13-29)17-9-7-16(23)8-10-17/h2-3,5-10H,4,11-15H2,1H3,(H3,24,25,26,27,28). The van der Waals surface area contributed by atoms with Crippen LogP contribution in [0, 0.1) is 5.82 Å². The van der Waals surface area contributed by atoms with Crippen molar-refractivity contribution in [1.29, 1.82) is 0 Å². The van der Waals surface area contributed by atoms with E-state index in [9.17, 15) is 4.39 Å². The van der Waals surface area contributed by atoms with Crippen molar-refractivity contribution in [2.75, 3.05) is 49.2 Å². The number of methoxy groups -OCH3 is 1. The minimum absolute atomic E-state index is 0.171. The Labute approximate surface area is 180 Å². The molecule has 3 N–H and O–H groups in total. The van der Waals surface area contributed by atoms with Crippen LogP contribution < -0.4 is 20.7 Å². The van der Waals surface area contributed by atoms with Gasteiger partial charge in [0.15, 0.2) is 0 Å². The molecule has 1 aromatic heterocycles. The van der Waals surface area contributed by atoms with Crippen molar-refractivity contribution in [3.63, 3.8) is 0 Å². The SMILES string of the molecule is COc1ccccc1Nc1nc(N)nc(CN2CCCN(c3ccc(F)cc3)CC2)n1. The zero-order chi connectivity index (χ0) is 21.6. The monoisotopic (exact) mass is 423 g/mol. The van der Waals surface area contributed by atoms with Crippen LogP contribution in [-0.4, -0.2) is 53.1 Å². The fourth-order valence-corrected chi connectivity index (χ4v) is 3.67. The van der Waals surface area contributed by atoms with Gasteiger partial charge in [-0.2, -0.15) is 15.0 Å². The normalized spacial score (nSPS) is 14.8. The highest BCUT2D eigenvalue weighted by molar-refractivity contribution is 5.62. The van der Waals surface area contributed by atoms with Crippen molar-refractivity contribution in [1.82, 2.24) is 19.9 Å². The number of nitrogens with two attached hydrogens (primary N) is 1. The molecule has 9 heteroatoms. The van der Waals surface area contributed by atoms with Gasteiger partial charge in [0, 0.05) is 31.9 Å². The number of hydrogen-bond acceptors (Lipinski definition) is 8. The van der Waals surface area contributed by atoms with E-state index in [1.807, 2.05) is 36.4 Å². The molecule has 8 nitrogen and oxygen atoms in total. The number of anilines is 4. The summed E-state index contributed by atoms with van der Waals surface area (Å²) in [7, 11) is 1.61. The van der Waals surface area contributed by atoms with Crippen molar-refractivity contribution in [2.24, 2.45) is 0 Å². The lowest BCUT2D eigenvalue weighted by atomic mass is 10.2. The molecular formula is C22H26FN7O. The van der Waals surface area contributed by atoms with Gasteiger partial charge < -0.3 is 20.7 Å². The number of hydrogen-bond donors (Lipinski definition) is 2. The second-order valence-corrected chi connectivity index (χ2v) is 7.35. The first kappa shape index (κ1) is 20.8. The minimum atomic E-state index is -0.217. The molecule has 1 saturated heterocycles. The third-order valence-electron chi connectivity index (χ3n) is 5.20. The van der Waals surface area contributed by atoms with E-state index in [1.165, 1.54) is 12.1 Å². The Morgan fingerprint density at radius 3 is 2.61 bits per heavy atom. The van der Waals surface area contributed by atoms with Crippen molar-refractivity contribution in [3.05, 3.63) is 60.2 Å². The van der Waals surface area contributed by atoms with Gasteiger partial charge >= 0.3 is 0 Å². The topological polar surface area (TPSA) is 92.4 Å². The summed E-state index contributed by atoms with van der Waals surface area (Å²) < 4.78 is 18.6. The molecule has 3 aromatic rings. The number of nitrogens with zero attached hydrogens (tertiary/aromatic N) is 5. The van der Waals surface area contributed by atoms with Crippen LogP contribution in [0.4, 0.5) is 27.7 Å². The Morgan fingerprint density at radius 2 is 1.81 bits per heavy atom. The molecule has 0 amide bonds. The fraction of sp³-hybridized carbons (Fsp3) is 0.318. The van der Waals surface area contributed by atoms with Crippen LogP contribution in [0.3, 0.4) is 0 Å². The van der Waals surface area contributed by atoms with Crippen molar-refractivity contribution in [2.45, 2.75) is 13.0 Å². The van der Waals surface area contributed by atoms with E-state index in [-0.39, 0.29) is 11.8 Å². The van der Waals surface area contributed by atoms with Gasteiger partial charge in [0.2, 0.25) is 11.9 Å². The van der Waals surface area contributed by atoms with E-state index in [1.54, 1.807) is 7.11 Å². The summed E-state index contributed by atoms with van der Waals surface area (Å²) in [4.78, 5) is 17.6. The molecule has 0 aliphatic carbocycles. The number of nitrogens with one attached hydrogen (secondary N) is 1. The van der Waals surface area contributed by atoms with Gasteiger partial charge in [-0.3, -0.25) is 4.90 Å². The van der Waals surface area contributed by atoms with E-state index in [0.29, 0.717) is 24.1 Å². The lowest BCUT2D eigenvalue weighted by Crippen LogP contribution is -2.31. The van der Waals surface area contributed by atoms with Crippen LogP contribution in [0.1, 0.15) is 12.2 Å². The number of aromatic nitrogens is 3. The molecule has 2 heterocycles. The van der Waals surface area contributed by atoms with Crippen LogP contribution in [0.2, 0.25) is 0 Å². The Morgan fingerprint density at radius 1 is 1.00 bits per heavy atom. The van der Waals surface area contributed by atoms with Crippen molar-refractivity contribution in [3.8, 4) is 5.75 Å². The molecule has 0 unspecified atom stereocenters. The van der Waals surface area contributed by atoms with E-state index in [2.05, 4.69) is 30.1 Å². The van der Waals surface area contributed by atoms with Crippen molar-refractivity contribution >= 4 is 23.3 Å². The highest BCUT2D eigenvalue weighted by Crippen LogP contribution is 2.26. The smallest absolute Gasteiger partial charge is 0.232 e. The molecule has 162 valence electrons. The first-order valence-corrected chi connectivity index (χ1v) is 10.2. The molecule has 2 aromatic carbocycles. The number of para-hydroxylation sites is 2. The summed E-state index contributed by atoms with van der Waals surface area (Å²) in [6.45, 7) is 4.10. The Balaban J connectivity index is 1.42. The number of halogens is 1. The Hall–Kier alpha value is -3.46. The minimum Gasteiger partial charge on any atom is -0.495 e. The van der Waals surface area contributed by atoms with Gasteiger partial charge in [-0.05, 0) is 42.8 Å². The highest BCUT2D eigenvalue weighted by Gasteiger charge is 2.17. The predicted molar refractivity (Wildman–Crippen MR) is 119 cm³/mol. The molecular weight excluding hydrogens is 397 g/mol. The highest BCUT2D eigenvalue weighted by atomic mass is 19.1. The number of nitrogen functional groups attached to an aromatic ring is 1. The predicted octanol–water partition coefficient (Wildman–Crippen LogP) is 3.06. The zero-order valence-electron chi connectivity index (χ0n) is 17.5. The Kier molecular flexibility index (Phi) is 6.42. The van der Waals surface area contributed by atoms with Gasteiger partial charge in [0.05, 0.1) is 19.3 Å². The first-order valence-electron chi connectivity index (χ1n) is 10.2. The maximum atomic E-state index is 13.2. The molecule has 0 spiro atoms. The maximum absolute atomic E-state index is 13.2. The fourth-order valence-electron chi connectivity index (χ4n) is 3.67. The van der Waals surface area contributed by atoms with E-state index in [0.717, 1.165) is 44.0 Å². The summed E-state index contributed by atoms with van der Waals surface area (Å²) >= 11 is 0. The van der Waals surface area contributed by atoms with Gasteiger partial charge in [-0.25, -0.2) is 4.39 Å². The van der Waals surface area contributed by atoms with E-state index in [4.69, 9.17) is 10.5 Å². The van der Waals surface area contributed by atoms with E-state index < -0.39 is 0 Å². The Bertz CT molecular complexity index is 1010. The quantitative estimate of drug-likeness (QED) is 0.625. The van der Waals surface area contributed by atoms with Crippen LogP contribution in [0.15, 0.2) is 48.5 Å². The number of benzene rings is 2. The van der Waals surface area contributed by atoms with Crippen LogP contribution >= 0.6 is 0 Å². The molecule has 1 fully saturated rings. The average molecular weight is 423 g/mol. The second-order valence-electron chi connectivity index (χ2n) is 7.35. The van der Waals surface area contributed by atoms with Crippen molar-refractivity contribution < 1.29 is 9.13 Å². The molecule has 31 heavy (non-hydrogen) atoms. The summed E-state index contributed by atoms with van der Waals surface area (Å²) in [6, 6.07) is 14.2. The van der Waals surface area contributed by atoms with Gasteiger partial charge in [-0.1, -0.05) is 12.1 Å². The lowest BCUT2D eigenvalue weighted by molar-refractivity contribution is 0.278. The summed E-state index contributed by atoms with van der Waals surface area (Å²) in [5, 5.41) is 3.16. The molecule has 4 rings (SSSR count).